The van der Waals surface area contributed by atoms with Crippen molar-refractivity contribution in [2.24, 2.45) is 0 Å². The molecule has 3 rings (SSSR count). The van der Waals surface area contributed by atoms with Crippen LogP contribution in [0.3, 0.4) is 0 Å². The van der Waals surface area contributed by atoms with Crippen molar-refractivity contribution >= 4 is 6.03 Å². The number of β-amino-alcohol motifs (C(OH)–C–C–N with tert-alkyl or cyclic N) is 1. The van der Waals surface area contributed by atoms with Crippen LogP contribution in [0.15, 0.2) is 28.8 Å². The van der Waals surface area contributed by atoms with Gasteiger partial charge in [-0.3, -0.25) is 0 Å². The van der Waals surface area contributed by atoms with Gasteiger partial charge in [0.1, 0.15) is 0 Å². The lowest BCUT2D eigenvalue weighted by Gasteiger charge is -2.29. The van der Waals surface area contributed by atoms with Crippen LogP contribution < -0.4 is 5.32 Å². The maximum absolute atomic E-state index is 12.1. The Labute approximate surface area is 134 Å². The lowest BCUT2D eigenvalue weighted by Crippen LogP contribution is -2.46. The number of rotatable bonds is 3. The molecule has 23 heavy (non-hydrogen) atoms. The molecule has 1 aliphatic heterocycles. The van der Waals surface area contributed by atoms with Crippen molar-refractivity contribution in [1.82, 2.24) is 20.4 Å². The van der Waals surface area contributed by atoms with E-state index in [9.17, 15) is 9.90 Å². The molecular formula is C16H20N4O3. The van der Waals surface area contributed by atoms with Crippen molar-refractivity contribution in [2.75, 3.05) is 13.1 Å². The summed E-state index contributed by atoms with van der Waals surface area (Å²) in [5.41, 5.74) is 1.97. The van der Waals surface area contributed by atoms with Gasteiger partial charge in [0.2, 0.25) is 11.7 Å². The Kier molecular flexibility index (Phi) is 4.57. The lowest BCUT2D eigenvalue weighted by molar-refractivity contribution is 0.0839. The minimum Gasteiger partial charge on any atom is -0.391 e. The highest BCUT2D eigenvalue weighted by atomic mass is 16.5. The topological polar surface area (TPSA) is 91.5 Å². The highest BCUT2D eigenvalue weighted by Gasteiger charge is 2.22. The quantitative estimate of drug-likeness (QED) is 0.899. The van der Waals surface area contributed by atoms with Gasteiger partial charge in [0, 0.05) is 18.7 Å². The van der Waals surface area contributed by atoms with Crippen molar-refractivity contribution in [1.29, 1.82) is 0 Å². The average Bonchev–Trinajstić information content (AvgIpc) is 3.02. The van der Waals surface area contributed by atoms with Gasteiger partial charge in [-0.1, -0.05) is 29.4 Å². The van der Waals surface area contributed by atoms with Crippen molar-refractivity contribution in [3.05, 3.63) is 35.7 Å². The average molecular weight is 316 g/mol. The van der Waals surface area contributed by atoms with Crippen LogP contribution in [-0.2, 0) is 6.54 Å². The van der Waals surface area contributed by atoms with Gasteiger partial charge in [-0.15, -0.1) is 0 Å². The number of aryl methyl sites for hydroxylation is 1. The fourth-order valence-corrected chi connectivity index (χ4v) is 2.66. The number of nitrogens with zero attached hydrogens (tertiary/aromatic N) is 3. The highest BCUT2D eigenvalue weighted by molar-refractivity contribution is 5.74. The molecule has 2 aromatic rings. The molecule has 1 aliphatic rings. The molecule has 122 valence electrons. The van der Waals surface area contributed by atoms with E-state index in [4.69, 9.17) is 4.52 Å². The van der Waals surface area contributed by atoms with Crippen LogP contribution in [0.1, 0.15) is 24.3 Å². The van der Waals surface area contributed by atoms with E-state index in [1.54, 1.807) is 4.90 Å². The molecule has 0 unspecified atom stereocenters. The normalized spacial score (nSPS) is 18.0. The molecule has 0 spiro atoms. The van der Waals surface area contributed by atoms with Crippen molar-refractivity contribution in [3.63, 3.8) is 0 Å². The molecule has 2 N–H and O–H groups in total. The molecule has 0 saturated carbocycles. The van der Waals surface area contributed by atoms with Gasteiger partial charge < -0.3 is 19.8 Å². The molecule has 0 bridgehead atoms. The summed E-state index contributed by atoms with van der Waals surface area (Å²) in [6.45, 7) is 3.17. The SMILES string of the molecule is Cc1ccccc1-c1noc(CNC(=O)N2CCC[C@H](O)C2)n1. The zero-order chi connectivity index (χ0) is 16.2. The van der Waals surface area contributed by atoms with Gasteiger partial charge in [-0.05, 0) is 25.3 Å². The van der Waals surface area contributed by atoms with Gasteiger partial charge >= 0.3 is 6.03 Å². The van der Waals surface area contributed by atoms with Gasteiger partial charge in [0.25, 0.3) is 0 Å². The third kappa shape index (κ3) is 3.68. The molecule has 1 aromatic carbocycles. The number of benzene rings is 1. The van der Waals surface area contributed by atoms with E-state index < -0.39 is 6.10 Å². The van der Waals surface area contributed by atoms with Crippen LogP contribution in [0.2, 0.25) is 0 Å². The first-order chi connectivity index (χ1) is 11.1. The Balaban J connectivity index is 1.59. The Morgan fingerprint density at radius 3 is 3.09 bits per heavy atom. The van der Waals surface area contributed by atoms with Gasteiger partial charge in [-0.2, -0.15) is 4.98 Å². The minimum atomic E-state index is -0.439. The molecule has 1 atom stereocenters. The summed E-state index contributed by atoms with van der Waals surface area (Å²) >= 11 is 0. The predicted molar refractivity (Wildman–Crippen MR) is 83.5 cm³/mol. The van der Waals surface area contributed by atoms with Crippen LogP contribution in [0, 0.1) is 6.92 Å². The second-order valence-corrected chi connectivity index (χ2v) is 5.73. The van der Waals surface area contributed by atoms with Crippen molar-refractivity contribution in [3.8, 4) is 11.4 Å². The van der Waals surface area contributed by atoms with E-state index in [0.717, 1.165) is 24.0 Å². The number of amides is 2. The van der Waals surface area contributed by atoms with Crippen LogP contribution in [-0.4, -0.2) is 45.4 Å². The summed E-state index contributed by atoms with van der Waals surface area (Å²) in [6, 6.07) is 7.56. The molecule has 0 aliphatic carbocycles. The first kappa shape index (κ1) is 15.5. The number of urea groups is 1. The Morgan fingerprint density at radius 1 is 1.48 bits per heavy atom. The zero-order valence-corrected chi connectivity index (χ0v) is 13.0. The summed E-state index contributed by atoms with van der Waals surface area (Å²) in [5.74, 6) is 0.870. The van der Waals surface area contributed by atoms with Crippen molar-refractivity contribution < 1.29 is 14.4 Å². The van der Waals surface area contributed by atoms with Crippen LogP contribution in [0.4, 0.5) is 4.79 Å². The molecule has 1 fully saturated rings. The molecule has 2 amide bonds. The fourth-order valence-electron chi connectivity index (χ4n) is 2.66. The maximum Gasteiger partial charge on any atom is 0.317 e. The first-order valence-electron chi connectivity index (χ1n) is 7.73. The second kappa shape index (κ2) is 6.78. The summed E-state index contributed by atoms with van der Waals surface area (Å²) in [7, 11) is 0. The largest absolute Gasteiger partial charge is 0.391 e. The van der Waals surface area contributed by atoms with E-state index in [1.165, 1.54) is 0 Å². The Hall–Kier alpha value is -2.41. The summed E-state index contributed by atoms with van der Waals surface area (Å²) in [5, 5.41) is 16.3. The third-order valence-electron chi connectivity index (χ3n) is 3.93. The smallest absolute Gasteiger partial charge is 0.317 e. The second-order valence-electron chi connectivity index (χ2n) is 5.73. The van der Waals surface area contributed by atoms with Crippen LogP contribution >= 0.6 is 0 Å². The lowest BCUT2D eigenvalue weighted by atomic mass is 10.1. The molecule has 0 radical (unpaired) electrons. The van der Waals surface area contributed by atoms with Crippen LogP contribution in [0.25, 0.3) is 11.4 Å². The number of aliphatic hydroxyl groups excluding tert-OH is 1. The number of hydrogen-bond donors (Lipinski definition) is 2. The van der Waals surface area contributed by atoms with E-state index in [1.807, 2.05) is 31.2 Å². The van der Waals surface area contributed by atoms with E-state index >= 15 is 0 Å². The van der Waals surface area contributed by atoms with Gasteiger partial charge in [0.15, 0.2) is 0 Å². The number of carbonyl (C=O) groups excluding carboxylic acids is 1. The number of nitrogens with one attached hydrogen (secondary N) is 1. The summed E-state index contributed by atoms with van der Waals surface area (Å²) < 4.78 is 5.19. The van der Waals surface area contributed by atoms with E-state index in [-0.39, 0.29) is 12.6 Å². The number of carbonyl (C=O) groups is 1. The maximum atomic E-state index is 12.1. The zero-order valence-electron chi connectivity index (χ0n) is 13.0. The molecule has 1 saturated heterocycles. The Bertz CT molecular complexity index is 685. The number of likely N-dealkylation sites (tertiary alicyclic amines) is 1. The molecule has 7 nitrogen and oxygen atoms in total. The molecule has 2 heterocycles. The number of aromatic nitrogens is 2. The van der Waals surface area contributed by atoms with E-state index in [2.05, 4.69) is 15.5 Å². The van der Waals surface area contributed by atoms with Gasteiger partial charge in [-0.25, -0.2) is 4.79 Å². The third-order valence-corrected chi connectivity index (χ3v) is 3.93. The Morgan fingerprint density at radius 2 is 2.30 bits per heavy atom. The number of piperidine rings is 1. The monoisotopic (exact) mass is 316 g/mol. The highest BCUT2D eigenvalue weighted by Crippen LogP contribution is 2.19. The van der Waals surface area contributed by atoms with Gasteiger partial charge in [0.05, 0.1) is 12.6 Å². The van der Waals surface area contributed by atoms with Crippen molar-refractivity contribution in [2.45, 2.75) is 32.4 Å². The standard InChI is InChI=1S/C16H20N4O3/c1-11-5-2-3-7-13(11)15-18-14(23-19-15)9-17-16(22)20-8-4-6-12(21)10-20/h2-3,5,7,12,21H,4,6,8-10H2,1H3,(H,17,22)/t12-/m0/s1. The first-order valence-corrected chi connectivity index (χ1v) is 7.73. The van der Waals surface area contributed by atoms with E-state index in [0.29, 0.717) is 24.8 Å². The molecular weight excluding hydrogens is 296 g/mol. The number of aliphatic hydroxyl groups is 1. The summed E-state index contributed by atoms with van der Waals surface area (Å²) in [6.07, 6.45) is 1.12. The fraction of sp³-hybridized carbons (Fsp3) is 0.438. The van der Waals surface area contributed by atoms with Crippen LogP contribution in [0.5, 0.6) is 0 Å². The molecule has 1 aromatic heterocycles. The number of hydrogen-bond acceptors (Lipinski definition) is 5. The summed E-state index contributed by atoms with van der Waals surface area (Å²) in [4.78, 5) is 18.0. The molecule has 7 heteroatoms. The predicted octanol–water partition coefficient (Wildman–Crippen LogP) is 1.71. The minimum absolute atomic E-state index is 0.171.